The van der Waals surface area contributed by atoms with Gasteiger partial charge in [0.25, 0.3) is 5.91 Å². The monoisotopic (exact) mass is 296 g/mol. The van der Waals surface area contributed by atoms with Gasteiger partial charge in [-0.25, -0.2) is 0 Å². The second kappa shape index (κ2) is 7.83. The number of carbonyl (C=O) groups is 1. The first-order valence-electron chi connectivity index (χ1n) is 7.18. The molecule has 0 aliphatic carbocycles. The van der Waals surface area contributed by atoms with E-state index in [0.717, 1.165) is 11.3 Å². The first-order valence-corrected chi connectivity index (χ1v) is 7.18. The van der Waals surface area contributed by atoms with E-state index in [0.29, 0.717) is 24.6 Å². The van der Waals surface area contributed by atoms with Crippen LogP contribution >= 0.6 is 0 Å². The molecule has 114 valence electrons. The fourth-order valence-corrected chi connectivity index (χ4v) is 1.99. The van der Waals surface area contributed by atoms with Gasteiger partial charge in [-0.1, -0.05) is 30.3 Å². The van der Waals surface area contributed by atoms with Gasteiger partial charge in [0.15, 0.2) is 5.96 Å². The van der Waals surface area contributed by atoms with Crippen molar-refractivity contribution in [3.05, 3.63) is 65.7 Å². The Morgan fingerprint density at radius 1 is 1.14 bits per heavy atom. The summed E-state index contributed by atoms with van der Waals surface area (Å²) in [6.07, 6.45) is 0. The summed E-state index contributed by atoms with van der Waals surface area (Å²) in [6.45, 7) is 3.00. The zero-order valence-electron chi connectivity index (χ0n) is 12.5. The number of rotatable bonds is 5. The Morgan fingerprint density at radius 3 is 2.64 bits per heavy atom. The van der Waals surface area contributed by atoms with Crippen LogP contribution in [-0.2, 0) is 6.54 Å². The minimum absolute atomic E-state index is 0.0916. The van der Waals surface area contributed by atoms with Gasteiger partial charge in [-0.2, -0.15) is 0 Å². The molecule has 22 heavy (non-hydrogen) atoms. The number of carbonyl (C=O) groups excluding carboxylic acids is 1. The van der Waals surface area contributed by atoms with E-state index in [1.54, 1.807) is 12.1 Å². The molecule has 2 rings (SSSR count). The first-order chi connectivity index (χ1) is 10.7. The van der Waals surface area contributed by atoms with E-state index < -0.39 is 0 Å². The fourth-order valence-electron chi connectivity index (χ4n) is 1.99. The molecule has 5 heteroatoms. The molecule has 1 amide bonds. The van der Waals surface area contributed by atoms with E-state index in [1.165, 1.54) is 0 Å². The Morgan fingerprint density at radius 2 is 1.91 bits per heavy atom. The van der Waals surface area contributed by atoms with Crippen LogP contribution < -0.4 is 16.4 Å². The minimum atomic E-state index is -0.0916. The molecule has 0 aliphatic heterocycles. The predicted octanol–water partition coefficient (Wildman–Crippen LogP) is 2.36. The summed E-state index contributed by atoms with van der Waals surface area (Å²) in [5, 5.41) is 5.91. The molecule has 0 radical (unpaired) electrons. The number of guanidine groups is 1. The van der Waals surface area contributed by atoms with Crippen LogP contribution in [0.4, 0.5) is 5.69 Å². The molecule has 0 spiro atoms. The summed E-state index contributed by atoms with van der Waals surface area (Å²) in [4.78, 5) is 16.1. The van der Waals surface area contributed by atoms with Crippen molar-refractivity contribution in [2.45, 2.75) is 13.5 Å². The number of hydrogen-bond acceptors (Lipinski definition) is 2. The van der Waals surface area contributed by atoms with Crippen LogP contribution in [0.15, 0.2) is 59.6 Å². The first kappa shape index (κ1) is 15.6. The lowest BCUT2D eigenvalue weighted by Crippen LogP contribution is -2.24. The fraction of sp³-hybridized carbons (Fsp3) is 0.176. The van der Waals surface area contributed by atoms with Gasteiger partial charge >= 0.3 is 0 Å². The van der Waals surface area contributed by atoms with Crippen molar-refractivity contribution >= 4 is 17.6 Å². The predicted molar refractivity (Wildman–Crippen MR) is 89.8 cm³/mol. The SMILES string of the molecule is CCN=C(N)Nc1cccc(CNC(=O)c2ccccc2)c1. The Balaban J connectivity index is 1.96. The normalized spacial score (nSPS) is 11.0. The second-order valence-corrected chi connectivity index (χ2v) is 4.73. The molecule has 2 aromatic carbocycles. The number of aliphatic imine (C=N–C) groups is 1. The third-order valence-corrected chi connectivity index (χ3v) is 3.02. The second-order valence-electron chi connectivity index (χ2n) is 4.73. The number of benzene rings is 2. The Hall–Kier alpha value is -2.82. The number of anilines is 1. The zero-order chi connectivity index (χ0) is 15.8. The van der Waals surface area contributed by atoms with Crippen LogP contribution in [0.3, 0.4) is 0 Å². The summed E-state index contributed by atoms with van der Waals surface area (Å²) >= 11 is 0. The molecule has 0 saturated heterocycles. The maximum Gasteiger partial charge on any atom is 0.251 e. The average molecular weight is 296 g/mol. The standard InChI is InChI=1S/C17H20N4O/c1-2-19-17(18)21-15-10-6-7-13(11-15)12-20-16(22)14-8-4-3-5-9-14/h3-11H,2,12H2,1H3,(H,20,22)(H3,18,19,21). The number of hydrogen-bond donors (Lipinski definition) is 3. The molecule has 0 aromatic heterocycles. The van der Waals surface area contributed by atoms with Gasteiger partial charge in [-0.3, -0.25) is 9.79 Å². The van der Waals surface area contributed by atoms with Crippen LogP contribution in [-0.4, -0.2) is 18.4 Å². The lowest BCUT2D eigenvalue weighted by atomic mass is 10.2. The van der Waals surface area contributed by atoms with Gasteiger partial charge < -0.3 is 16.4 Å². The molecular formula is C17H20N4O. The summed E-state index contributed by atoms with van der Waals surface area (Å²) < 4.78 is 0. The molecule has 0 heterocycles. The number of nitrogens with zero attached hydrogens (tertiary/aromatic N) is 1. The van der Waals surface area contributed by atoms with E-state index in [9.17, 15) is 4.79 Å². The minimum Gasteiger partial charge on any atom is -0.370 e. The summed E-state index contributed by atoms with van der Waals surface area (Å²) in [6, 6.07) is 16.8. The number of nitrogens with one attached hydrogen (secondary N) is 2. The maximum absolute atomic E-state index is 12.0. The van der Waals surface area contributed by atoms with Crippen LogP contribution in [0.1, 0.15) is 22.8 Å². The van der Waals surface area contributed by atoms with E-state index >= 15 is 0 Å². The molecule has 0 saturated carbocycles. The Bertz CT molecular complexity index is 653. The molecule has 0 bridgehead atoms. The van der Waals surface area contributed by atoms with E-state index in [4.69, 9.17) is 5.73 Å². The van der Waals surface area contributed by atoms with Crippen molar-refractivity contribution < 1.29 is 4.79 Å². The molecule has 0 unspecified atom stereocenters. The van der Waals surface area contributed by atoms with Gasteiger partial charge in [0.1, 0.15) is 0 Å². The third kappa shape index (κ3) is 4.63. The highest BCUT2D eigenvalue weighted by molar-refractivity contribution is 5.94. The van der Waals surface area contributed by atoms with E-state index in [2.05, 4.69) is 15.6 Å². The molecule has 0 fully saturated rings. The van der Waals surface area contributed by atoms with Crippen molar-refractivity contribution in [2.75, 3.05) is 11.9 Å². The Kier molecular flexibility index (Phi) is 5.54. The molecular weight excluding hydrogens is 276 g/mol. The highest BCUT2D eigenvalue weighted by Crippen LogP contribution is 2.10. The third-order valence-electron chi connectivity index (χ3n) is 3.02. The average Bonchev–Trinajstić information content (AvgIpc) is 2.54. The molecule has 4 N–H and O–H groups in total. The number of nitrogens with two attached hydrogens (primary N) is 1. The summed E-state index contributed by atoms with van der Waals surface area (Å²) in [5.74, 6) is 0.291. The summed E-state index contributed by atoms with van der Waals surface area (Å²) in [7, 11) is 0. The van der Waals surface area contributed by atoms with Crippen molar-refractivity contribution in [3.63, 3.8) is 0 Å². The van der Waals surface area contributed by atoms with Crippen molar-refractivity contribution in [3.8, 4) is 0 Å². The number of amides is 1. The highest BCUT2D eigenvalue weighted by Gasteiger charge is 2.04. The smallest absolute Gasteiger partial charge is 0.251 e. The van der Waals surface area contributed by atoms with Gasteiger partial charge in [0.05, 0.1) is 0 Å². The van der Waals surface area contributed by atoms with Crippen LogP contribution in [0.2, 0.25) is 0 Å². The quantitative estimate of drug-likeness (QED) is 0.585. The summed E-state index contributed by atoms with van der Waals surface area (Å²) in [5.41, 5.74) is 8.22. The zero-order valence-corrected chi connectivity index (χ0v) is 12.5. The van der Waals surface area contributed by atoms with Crippen LogP contribution in [0.25, 0.3) is 0 Å². The van der Waals surface area contributed by atoms with E-state index in [1.807, 2.05) is 49.4 Å². The largest absolute Gasteiger partial charge is 0.370 e. The van der Waals surface area contributed by atoms with Crippen molar-refractivity contribution in [1.82, 2.24) is 5.32 Å². The van der Waals surface area contributed by atoms with Crippen molar-refractivity contribution in [2.24, 2.45) is 10.7 Å². The molecule has 0 aliphatic rings. The topological polar surface area (TPSA) is 79.5 Å². The molecule has 5 nitrogen and oxygen atoms in total. The van der Waals surface area contributed by atoms with Crippen LogP contribution in [0, 0.1) is 0 Å². The van der Waals surface area contributed by atoms with Gasteiger partial charge in [-0.05, 0) is 36.8 Å². The van der Waals surface area contributed by atoms with Gasteiger partial charge in [0, 0.05) is 24.3 Å². The Labute approximate surface area is 130 Å². The van der Waals surface area contributed by atoms with Crippen LogP contribution in [0.5, 0.6) is 0 Å². The lowest BCUT2D eigenvalue weighted by Gasteiger charge is -2.09. The molecule has 0 atom stereocenters. The van der Waals surface area contributed by atoms with Crippen molar-refractivity contribution in [1.29, 1.82) is 0 Å². The lowest BCUT2D eigenvalue weighted by molar-refractivity contribution is 0.0951. The van der Waals surface area contributed by atoms with E-state index in [-0.39, 0.29) is 5.91 Å². The van der Waals surface area contributed by atoms with Gasteiger partial charge in [-0.15, -0.1) is 0 Å². The maximum atomic E-state index is 12.0. The van der Waals surface area contributed by atoms with Gasteiger partial charge in [0.2, 0.25) is 0 Å². The molecule has 2 aromatic rings. The highest BCUT2D eigenvalue weighted by atomic mass is 16.1.